The van der Waals surface area contributed by atoms with Gasteiger partial charge in [0.25, 0.3) is 0 Å². The number of rotatable bonds is 4. The van der Waals surface area contributed by atoms with E-state index in [0.717, 1.165) is 0 Å². The Balaban J connectivity index is 3.00. The maximum atomic E-state index is 13.5. The fraction of sp³-hybridized carbons (Fsp3) is 0.417. The first-order valence-corrected chi connectivity index (χ1v) is 5.01. The number of methoxy groups -OCH3 is 1. The highest BCUT2D eigenvalue weighted by Gasteiger charge is 2.15. The fourth-order valence-corrected chi connectivity index (χ4v) is 1.49. The predicted molar refractivity (Wildman–Crippen MR) is 58.2 cm³/mol. The quantitative estimate of drug-likeness (QED) is 0.857. The molecule has 1 aromatic carbocycles. The molecule has 0 bridgehead atoms. The van der Waals surface area contributed by atoms with Crippen LogP contribution in [0.3, 0.4) is 0 Å². The standard InChI is InChI=1S/C12H15FO3/c1-7-5-10(13)9(6-11(7)16-3)4-8(2)12(14)15/h5-6,8H,4H2,1-3H3,(H,14,15). The maximum absolute atomic E-state index is 13.5. The van der Waals surface area contributed by atoms with Gasteiger partial charge in [-0.3, -0.25) is 4.79 Å². The molecule has 0 aromatic heterocycles. The zero-order chi connectivity index (χ0) is 12.3. The molecule has 0 heterocycles. The largest absolute Gasteiger partial charge is 0.496 e. The van der Waals surface area contributed by atoms with Crippen molar-refractivity contribution < 1.29 is 19.0 Å². The van der Waals surface area contributed by atoms with Crippen molar-refractivity contribution in [3.05, 3.63) is 29.1 Å². The van der Waals surface area contributed by atoms with Gasteiger partial charge in [-0.25, -0.2) is 4.39 Å². The lowest BCUT2D eigenvalue weighted by atomic mass is 9.99. The van der Waals surface area contributed by atoms with E-state index in [4.69, 9.17) is 9.84 Å². The Hall–Kier alpha value is -1.58. The van der Waals surface area contributed by atoms with E-state index < -0.39 is 11.9 Å². The average Bonchev–Trinajstić information content (AvgIpc) is 2.21. The molecule has 0 aliphatic rings. The van der Waals surface area contributed by atoms with Gasteiger partial charge in [0, 0.05) is 0 Å². The van der Waals surface area contributed by atoms with Crippen LogP contribution in [0.25, 0.3) is 0 Å². The number of hydrogen-bond donors (Lipinski definition) is 1. The molecular formula is C12H15FO3. The highest BCUT2D eigenvalue weighted by Crippen LogP contribution is 2.24. The van der Waals surface area contributed by atoms with Crippen molar-refractivity contribution in [2.24, 2.45) is 5.92 Å². The van der Waals surface area contributed by atoms with Gasteiger partial charge in [0.1, 0.15) is 11.6 Å². The van der Waals surface area contributed by atoms with Gasteiger partial charge in [0.15, 0.2) is 0 Å². The van der Waals surface area contributed by atoms with Crippen LogP contribution in [0.1, 0.15) is 18.1 Å². The van der Waals surface area contributed by atoms with Gasteiger partial charge >= 0.3 is 5.97 Å². The molecule has 1 aromatic rings. The monoisotopic (exact) mass is 226 g/mol. The molecule has 88 valence electrons. The molecule has 0 saturated carbocycles. The molecule has 1 rings (SSSR count). The van der Waals surface area contributed by atoms with Crippen LogP contribution >= 0.6 is 0 Å². The van der Waals surface area contributed by atoms with Crippen LogP contribution < -0.4 is 4.74 Å². The van der Waals surface area contributed by atoms with Crippen LogP contribution in [0.15, 0.2) is 12.1 Å². The van der Waals surface area contributed by atoms with Crippen LogP contribution in [0, 0.1) is 18.7 Å². The number of aliphatic carboxylic acids is 1. The maximum Gasteiger partial charge on any atom is 0.306 e. The smallest absolute Gasteiger partial charge is 0.306 e. The molecule has 0 amide bonds. The summed E-state index contributed by atoms with van der Waals surface area (Å²) in [6, 6.07) is 2.92. The van der Waals surface area contributed by atoms with Crippen LogP contribution in [0.5, 0.6) is 5.75 Å². The van der Waals surface area contributed by atoms with E-state index >= 15 is 0 Å². The van der Waals surface area contributed by atoms with Gasteiger partial charge in [0.2, 0.25) is 0 Å². The van der Waals surface area contributed by atoms with E-state index in [1.165, 1.54) is 13.2 Å². The lowest BCUT2D eigenvalue weighted by Crippen LogP contribution is -2.13. The first-order chi connectivity index (χ1) is 7.45. The normalized spacial score (nSPS) is 12.2. The summed E-state index contributed by atoms with van der Waals surface area (Å²) in [4.78, 5) is 10.7. The third-order valence-corrected chi connectivity index (χ3v) is 2.51. The van der Waals surface area contributed by atoms with Crippen molar-refractivity contribution in [1.29, 1.82) is 0 Å². The second kappa shape index (κ2) is 4.96. The Kier molecular flexibility index (Phi) is 3.88. The van der Waals surface area contributed by atoms with Gasteiger partial charge in [-0.2, -0.15) is 0 Å². The molecule has 1 N–H and O–H groups in total. The molecular weight excluding hydrogens is 211 g/mol. The first kappa shape index (κ1) is 12.5. The number of carboxylic acids is 1. The Morgan fingerprint density at radius 2 is 2.19 bits per heavy atom. The van der Waals surface area contributed by atoms with Crippen molar-refractivity contribution in [2.75, 3.05) is 7.11 Å². The Morgan fingerprint density at radius 3 is 2.69 bits per heavy atom. The molecule has 0 aliphatic heterocycles. The number of carboxylic acid groups (broad SMARTS) is 1. The zero-order valence-electron chi connectivity index (χ0n) is 9.58. The fourth-order valence-electron chi connectivity index (χ4n) is 1.49. The van der Waals surface area contributed by atoms with Crippen LogP contribution in [0.2, 0.25) is 0 Å². The van der Waals surface area contributed by atoms with Gasteiger partial charge in [-0.05, 0) is 36.6 Å². The van der Waals surface area contributed by atoms with Crippen molar-refractivity contribution in [3.63, 3.8) is 0 Å². The van der Waals surface area contributed by atoms with Crippen molar-refractivity contribution >= 4 is 5.97 Å². The minimum absolute atomic E-state index is 0.164. The summed E-state index contributed by atoms with van der Waals surface area (Å²) >= 11 is 0. The Labute approximate surface area is 93.9 Å². The zero-order valence-corrected chi connectivity index (χ0v) is 9.58. The topological polar surface area (TPSA) is 46.5 Å². The van der Waals surface area contributed by atoms with Gasteiger partial charge < -0.3 is 9.84 Å². The Morgan fingerprint density at radius 1 is 1.56 bits per heavy atom. The highest BCUT2D eigenvalue weighted by molar-refractivity contribution is 5.70. The molecule has 0 radical (unpaired) electrons. The van der Waals surface area contributed by atoms with E-state index in [0.29, 0.717) is 16.9 Å². The molecule has 0 aliphatic carbocycles. The average molecular weight is 226 g/mol. The number of aryl methyl sites for hydroxylation is 1. The summed E-state index contributed by atoms with van der Waals surface area (Å²) < 4.78 is 18.6. The van der Waals surface area contributed by atoms with E-state index in [1.54, 1.807) is 19.9 Å². The van der Waals surface area contributed by atoms with E-state index in [9.17, 15) is 9.18 Å². The molecule has 0 saturated heterocycles. The lowest BCUT2D eigenvalue weighted by Gasteiger charge is -2.11. The minimum atomic E-state index is -0.932. The van der Waals surface area contributed by atoms with Gasteiger partial charge in [-0.15, -0.1) is 0 Å². The van der Waals surface area contributed by atoms with Crippen molar-refractivity contribution in [3.8, 4) is 5.75 Å². The summed E-state index contributed by atoms with van der Waals surface area (Å²) in [7, 11) is 1.50. The molecule has 1 atom stereocenters. The van der Waals surface area contributed by atoms with Gasteiger partial charge in [0.05, 0.1) is 13.0 Å². The van der Waals surface area contributed by atoms with Crippen molar-refractivity contribution in [1.82, 2.24) is 0 Å². The predicted octanol–water partition coefficient (Wildman–Crippen LogP) is 2.41. The van der Waals surface area contributed by atoms with E-state index in [2.05, 4.69) is 0 Å². The summed E-state index contributed by atoms with van der Waals surface area (Å²) in [5.74, 6) is -1.35. The summed E-state index contributed by atoms with van der Waals surface area (Å²) in [5, 5.41) is 8.76. The van der Waals surface area contributed by atoms with Crippen LogP contribution in [-0.2, 0) is 11.2 Å². The van der Waals surface area contributed by atoms with E-state index in [1.807, 2.05) is 0 Å². The van der Waals surface area contributed by atoms with E-state index in [-0.39, 0.29) is 12.2 Å². The molecule has 0 fully saturated rings. The SMILES string of the molecule is COc1cc(CC(C)C(=O)O)c(F)cc1C. The van der Waals surface area contributed by atoms with Crippen molar-refractivity contribution in [2.45, 2.75) is 20.3 Å². The highest BCUT2D eigenvalue weighted by atomic mass is 19.1. The minimum Gasteiger partial charge on any atom is -0.496 e. The third-order valence-electron chi connectivity index (χ3n) is 2.51. The first-order valence-electron chi connectivity index (χ1n) is 5.01. The summed E-state index contributed by atoms with van der Waals surface area (Å²) in [5.41, 5.74) is 1.07. The number of hydrogen-bond acceptors (Lipinski definition) is 2. The molecule has 4 heteroatoms. The summed E-state index contributed by atoms with van der Waals surface area (Å²) in [6.45, 7) is 3.29. The second-order valence-electron chi connectivity index (χ2n) is 3.86. The number of carbonyl (C=O) groups is 1. The molecule has 1 unspecified atom stereocenters. The number of halogens is 1. The molecule has 3 nitrogen and oxygen atoms in total. The Bertz CT molecular complexity index is 401. The van der Waals surface area contributed by atoms with Crippen LogP contribution in [0.4, 0.5) is 4.39 Å². The number of benzene rings is 1. The molecule has 0 spiro atoms. The molecule has 16 heavy (non-hydrogen) atoms. The van der Waals surface area contributed by atoms with Crippen LogP contribution in [-0.4, -0.2) is 18.2 Å². The second-order valence-corrected chi connectivity index (χ2v) is 3.86. The third kappa shape index (κ3) is 2.72. The lowest BCUT2D eigenvalue weighted by molar-refractivity contribution is -0.141. The summed E-state index contributed by atoms with van der Waals surface area (Å²) in [6.07, 6.45) is 0.164. The number of ether oxygens (including phenoxy) is 1. The van der Waals surface area contributed by atoms with Gasteiger partial charge in [-0.1, -0.05) is 6.92 Å².